The summed E-state index contributed by atoms with van der Waals surface area (Å²) in [5, 5.41) is 2.88. The minimum atomic E-state index is -0.00457. The van der Waals surface area contributed by atoms with Crippen molar-refractivity contribution in [1.82, 2.24) is 0 Å². The maximum absolute atomic E-state index is 11.8. The van der Waals surface area contributed by atoms with Gasteiger partial charge in [-0.3, -0.25) is 4.79 Å². The average Bonchev–Trinajstić information content (AvgIpc) is 2.46. The van der Waals surface area contributed by atoms with E-state index < -0.39 is 0 Å². The number of hydrogen-bond donors (Lipinski definition) is 1. The van der Waals surface area contributed by atoms with Gasteiger partial charge >= 0.3 is 0 Å². The Bertz CT molecular complexity index is 566. The lowest BCUT2D eigenvalue weighted by atomic mass is 10.2. The SMILES string of the molecule is C=Cc1cccc(NC(=O)CSc2ccccc2)c1. The Hall–Kier alpha value is -2.00. The zero-order chi connectivity index (χ0) is 13.5. The number of carbonyl (C=O) groups excluding carboxylic acids is 1. The van der Waals surface area contributed by atoms with E-state index in [-0.39, 0.29) is 5.91 Å². The molecule has 96 valence electrons. The van der Waals surface area contributed by atoms with Crippen LogP contribution in [0.5, 0.6) is 0 Å². The topological polar surface area (TPSA) is 29.1 Å². The molecule has 2 aromatic carbocycles. The third-order valence-corrected chi connectivity index (χ3v) is 3.53. The quantitative estimate of drug-likeness (QED) is 0.829. The van der Waals surface area contributed by atoms with Gasteiger partial charge in [0.2, 0.25) is 5.91 Å². The molecule has 0 unspecified atom stereocenters. The van der Waals surface area contributed by atoms with E-state index in [1.54, 1.807) is 6.08 Å². The van der Waals surface area contributed by atoms with Gasteiger partial charge in [-0.15, -0.1) is 11.8 Å². The summed E-state index contributed by atoms with van der Waals surface area (Å²) < 4.78 is 0. The second-order valence-corrected chi connectivity index (χ2v) is 5.03. The normalized spacial score (nSPS) is 9.89. The fourth-order valence-corrected chi connectivity index (χ4v) is 2.33. The summed E-state index contributed by atoms with van der Waals surface area (Å²) in [5.41, 5.74) is 1.80. The van der Waals surface area contributed by atoms with Crippen LogP contribution >= 0.6 is 11.8 Å². The first kappa shape index (κ1) is 13.4. The standard InChI is InChI=1S/C16H15NOS/c1-2-13-7-6-8-14(11-13)17-16(18)12-19-15-9-4-3-5-10-15/h2-11H,1,12H2,(H,17,18). The lowest BCUT2D eigenvalue weighted by molar-refractivity contribution is -0.113. The summed E-state index contributed by atoms with van der Waals surface area (Å²) in [5.74, 6) is 0.401. The van der Waals surface area contributed by atoms with Crippen molar-refractivity contribution in [3.8, 4) is 0 Å². The third-order valence-electron chi connectivity index (χ3n) is 2.52. The van der Waals surface area contributed by atoms with E-state index in [0.29, 0.717) is 5.75 Å². The number of nitrogens with one attached hydrogen (secondary N) is 1. The molecule has 3 heteroatoms. The van der Waals surface area contributed by atoms with Crippen molar-refractivity contribution >= 4 is 29.4 Å². The first-order chi connectivity index (χ1) is 9.28. The van der Waals surface area contributed by atoms with Gasteiger partial charge in [0.05, 0.1) is 5.75 Å². The molecule has 19 heavy (non-hydrogen) atoms. The number of anilines is 1. The Kier molecular flexibility index (Phi) is 4.81. The lowest BCUT2D eigenvalue weighted by Crippen LogP contribution is -2.13. The maximum Gasteiger partial charge on any atom is 0.234 e. The van der Waals surface area contributed by atoms with E-state index in [0.717, 1.165) is 16.1 Å². The molecule has 0 fully saturated rings. The predicted molar refractivity (Wildman–Crippen MR) is 82.3 cm³/mol. The van der Waals surface area contributed by atoms with Crippen molar-refractivity contribution in [3.63, 3.8) is 0 Å². The zero-order valence-electron chi connectivity index (χ0n) is 10.5. The summed E-state index contributed by atoms with van der Waals surface area (Å²) >= 11 is 1.53. The number of carbonyl (C=O) groups is 1. The van der Waals surface area contributed by atoms with Crippen molar-refractivity contribution < 1.29 is 4.79 Å². The van der Waals surface area contributed by atoms with Gasteiger partial charge in [0, 0.05) is 10.6 Å². The smallest absolute Gasteiger partial charge is 0.234 e. The van der Waals surface area contributed by atoms with Crippen LogP contribution in [0.3, 0.4) is 0 Å². The molecule has 0 radical (unpaired) electrons. The van der Waals surface area contributed by atoms with Crippen molar-refractivity contribution in [2.45, 2.75) is 4.90 Å². The molecule has 0 aliphatic heterocycles. The molecule has 0 heterocycles. The highest BCUT2D eigenvalue weighted by molar-refractivity contribution is 8.00. The molecule has 1 N–H and O–H groups in total. The molecule has 0 atom stereocenters. The highest BCUT2D eigenvalue weighted by Crippen LogP contribution is 2.17. The minimum Gasteiger partial charge on any atom is -0.325 e. The van der Waals surface area contributed by atoms with Gasteiger partial charge in [0.15, 0.2) is 0 Å². The van der Waals surface area contributed by atoms with E-state index in [1.165, 1.54) is 11.8 Å². The lowest BCUT2D eigenvalue weighted by Gasteiger charge is -2.06. The Balaban J connectivity index is 1.89. The molecule has 0 saturated heterocycles. The molecule has 2 aromatic rings. The molecule has 0 spiro atoms. The molecule has 2 rings (SSSR count). The Morgan fingerprint density at radius 1 is 1.16 bits per heavy atom. The summed E-state index contributed by atoms with van der Waals surface area (Å²) in [6.45, 7) is 3.71. The van der Waals surface area contributed by atoms with Crippen molar-refractivity contribution in [3.05, 3.63) is 66.7 Å². The first-order valence-electron chi connectivity index (χ1n) is 5.98. The minimum absolute atomic E-state index is 0.00457. The van der Waals surface area contributed by atoms with Gasteiger partial charge in [-0.2, -0.15) is 0 Å². The first-order valence-corrected chi connectivity index (χ1v) is 6.97. The highest BCUT2D eigenvalue weighted by atomic mass is 32.2. The van der Waals surface area contributed by atoms with Crippen LogP contribution in [-0.2, 0) is 4.79 Å². The number of rotatable bonds is 5. The Morgan fingerprint density at radius 2 is 1.95 bits per heavy atom. The average molecular weight is 269 g/mol. The Labute approximate surface area is 117 Å². The van der Waals surface area contributed by atoms with Crippen LogP contribution < -0.4 is 5.32 Å². The van der Waals surface area contributed by atoms with E-state index in [2.05, 4.69) is 11.9 Å². The van der Waals surface area contributed by atoms with Gasteiger partial charge < -0.3 is 5.32 Å². The van der Waals surface area contributed by atoms with Gasteiger partial charge in [0.25, 0.3) is 0 Å². The van der Waals surface area contributed by atoms with Gasteiger partial charge in [0.1, 0.15) is 0 Å². The number of hydrogen-bond acceptors (Lipinski definition) is 2. The number of amides is 1. The van der Waals surface area contributed by atoms with Crippen LogP contribution in [0.2, 0.25) is 0 Å². The fraction of sp³-hybridized carbons (Fsp3) is 0.0625. The predicted octanol–water partition coefficient (Wildman–Crippen LogP) is 4.06. The largest absolute Gasteiger partial charge is 0.325 e. The van der Waals surface area contributed by atoms with Crippen molar-refractivity contribution in [2.24, 2.45) is 0 Å². The van der Waals surface area contributed by atoms with Crippen LogP contribution in [0.25, 0.3) is 6.08 Å². The molecule has 0 saturated carbocycles. The van der Waals surface area contributed by atoms with Crippen LogP contribution in [0.4, 0.5) is 5.69 Å². The third kappa shape index (κ3) is 4.30. The summed E-state index contributed by atoms with van der Waals surface area (Å²) in [6, 6.07) is 17.5. The summed E-state index contributed by atoms with van der Waals surface area (Å²) in [4.78, 5) is 12.9. The number of benzene rings is 2. The van der Waals surface area contributed by atoms with Crippen molar-refractivity contribution in [2.75, 3.05) is 11.1 Å². The summed E-state index contributed by atoms with van der Waals surface area (Å²) in [7, 11) is 0. The molecule has 0 aliphatic carbocycles. The molecular weight excluding hydrogens is 254 g/mol. The van der Waals surface area contributed by atoms with Crippen molar-refractivity contribution in [1.29, 1.82) is 0 Å². The fourth-order valence-electron chi connectivity index (χ4n) is 1.61. The van der Waals surface area contributed by atoms with Gasteiger partial charge in [-0.1, -0.05) is 43.0 Å². The van der Waals surface area contributed by atoms with E-state index in [9.17, 15) is 4.79 Å². The molecule has 0 aromatic heterocycles. The van der Waals surface area contributed by atoms with Crippen LogP contribution in [0.15, 0.2) is 66.1 Å². The highest BCUT2D eigenvalue weighted by Gasteiger charge is 2.03. The maximum atomic E-state index is 11.8. The van der Waals surface area contributed by atoms with Gasteiger partial charge in [-0.05, 0) is 29.8 Å². The molecular formula is C16H15NOS. The van der Waals surface area contributed by atoms with E-state index >= 15 is 0 Å². The van der Waals surface area contributed by atoms with E-state index in [4.69, 9.17) is 0 Å². The second kappa shape index (κ2) is 6.81. The van der Waals surface area contributed by atoms with Crippen LogP contribution in [-0.4, -0.2) is 11.7 Å². The number of thioether (sulfide) groups is 1. The Morgan fingerprint density at radius 3 is 2.68 bits per heavy atom. The molecule has 0 aliphatic rings. The van der Waals surface area contributed by atoms with Gasteiger partial charge in [-0.25, -0.2) is 0 Å². The van der Waals surface area contributed by atoms with Crippen LogP contribution in [0.1, 0.15) is 5.56 Å². The molecule has 2 nitrogen and oxygen atoms in total. The molecule has 0 bridgehead atoms. The monoisotopic (exact) mass is 269 g/mol. The molecule has 1 amide bonds. The second-order valence-electron chi connectivity index (χ2n) is 3.98. The van der Waals surface area contributed by atoms with E-state index in [1.807, 2.05) is 54.6 Å². The zero-order valence-corrected chi connectivity index (χ0v) is 11.3. The van der Waals surface area contributed by atoms with Crippen LogP contribution in [0, 0.1) is 0 Å². The summed E-state index contributed by atoms with van der Waals surface area (Å²) in [6.07, 6.45) is 1.76.